The van der Waals surface area contributed by atoms with Crippen LogP contribution in [0.3, 0.4) is 0 Å². The summed E-state index contributed by atoms with van der Waals surface area (Å²) in [6.07, 6.45) is 5.56. The van der Waals surface area contributed by atoms with Gasteiger partial charge in [-0.15, -0.1) is 11.3 Å². The van der Waals surface area contributed by atoms with Gasteiger partial charge in [0, 0.05) is 30.4 Å². The first-order valence-electron chi connectivity index (χ1n) is 8.87. The number of hydrogen-bond donors (Lipinski definition) is 0. The molecule has 0 bridgehead atoms. The quantitative estimate of drug-likeness (QED) is 0.499. The van der Waals surface area contributed by atoms with Crippen LogP contribution in [0.25, 0.3) is 20.8 Å². The van der Waals surface area contributed by atoms with Gasteiger partial charge in [0.25, 0.3) is 0 Å². The molecule has 1 aromatic carbocycles. The Morgan fingerprint density at radius 2 is 2.04 bits per heavy atom. The summed E-state index contributed by atoms with van der Waals surface area (Å²) in [5.41, 5.74) is 4.32. The molecular formula is C20H22N2OS. The molecule has 0 radical (unpaired) electrons. The average molecular weight is 338 g/mol. The van der Waals surface area contributed by atoms with E-state index in [2.05, 4.69) is 30.0 Å². The van der Waals surface area contributed by atoms with Crippen molar-refractivity contribution in [1.29, 1.82) is 0 Å². The first-order valence-corrected chi connectivity index (χ1v) is 9.69. The Labute approximate surface area is 146 Å². The number of anilines is 1. The van der Waals surface area contributed by atoms with Gasteiger partial charge in [-0.1, -0.05) is 19.8 Å². The number of fused-ring (bicyclic) bond motifs is 2. The summed E-state index contributed by atoms with van der Waals surface area (Å²) in [4.78, 5) is 20.5. The molecule has 124 valence electrons. The highest BCUT2D eigenvalue weighted by atomic mass is 32.1. The van der Waals surface area contributed by atoms with Crippen LogP contribution in [-0.4, -0.2) is 18.1 Å². The highest BCUT2D eigenvalue weighted by molar-refractivity contribution is 7.21. The lowest BCUT2D eigenvalue weighted by Crippen LogP contribution is -2.36. The highest BCUT2D eigenvalue weighted by Crippen LogP contribution is 2.33. The van der Waals surface area contributed by atoms with Gasteiger partial charge in [-0.25, -0.2) is 4.98 Å². The summed E-state index contributed by atoms with van der Waals surface area (Å²) in [5.74, 6) is 0. The van der Waals surface area contributed by atoms with Crippen LogP contribution in [0, 0.1) is 0 Å². The van der Waals surface area contributed by atoms with Gasteiger partial charge in [-0.2, -0.15) is 0 Å². The lowest BCUT2D eigenvalue weighted by atomic mass is 10.0. The van der Waals surface area contributed by atoms with Gasteiger partial charge >= 0.3 is 0 Å². The molecule has 3 aliphatic rings. The van der Waals surface area contributed by atoms with Crippen LogP contribution in [0.5, 0.6) is 0 Å². The third-order valence-corrected chi connectivity index (χ3v) is 5.91. The maximum Gasteiger partial charge on any atom is 0.183 e. The van der Waals surface area contributed by atoms with Crippen molar-refractivity contribution in [2.24, 2.45) is 0 Å². The number of aryl methyl sites for hydroxylation is 1. The van der Waals surface area contributed by atoms with Crippen LogP contribution in [0.1, 0.15) is 38.2 Å². The maximum absolute atomic E-state index is 12.4. The fourth-order valence-electron chi connectivity index (χ4n) is 3.22. The molecule has 4 rings (SSSR count). The molecule has 2 aliphatic heterocycles. The molecule has 0 spiro atoms. The summed E-state index contributed by atoms with van der Waals surface area (Å²) in [7, 11) is 0. The number of hydrogen-bond acceptors (Lipinski definition) is 4. The van der Waals surface area contributed by atoms with Crippen molar-refractivity contribution < 1.29 is 0 Å². The molecule has 0 unspecified atom stereocenters. The topological polar surface area (TPSA) is 33.2 Å². The lowest BCUT2D eigenvalue weighted by molar-refractivity contribution is 0.618. The van der Waals surface area contributed by atoms with Gasteiger partial charge in [0.2, 0.25) is 0 Å². The van der Waals surface area contributed by atoms with Gasteiger partial charge in [0.05, 0.1) is 20.8 Å². The van der Waals surface area contributed by atoms with E-state index in [0.717, 1.165) is 52.3 Å². The van der Waals surface area contributed by atoms with E-state index in [1.807, 2.05) is 6.07 Å². The van der Waals surface area contributed by atoms with Crippen molar-refractivity contribution in [2.45, 2.75) is 39.0 Å². The fraction of sp³-hybridized carbons (Fsp3) is 0.400. The normalized spacial score (nSPS) is 14.3. The molecule has 0 aromatic heterocycles. The SMILES string of the molecule is CCCCCc1cc2nc3ccc(N4CCC4)cc3sc-2cc1=O. The predicted octanol–water partition coefficient (Wildman–Crippen LogP) is 4.70. The van der Waals surface area contributed by atoms with Crippen molar-refractivity contribution in [1.82, 2.24) is 4.98 Å². The third-order valence-electron chi connectivity index (χ3n) is 4.82. The summed E-state index contributed by atoms with van der Waals surface area (Å²) in [6, 6.07) is 10.3. The van der Waals surface area contributed by atoms with Gasteiger partial charge < -0.3 is 4.90 Å². The molecule has 1 fully saturated rings. The molecule has 0 amide bonds. The Balaban J connectivity index is 1.74. The van der Waals surface area contributed by atoms with Gasteiger partial charge in [0.1, 0.15) is 0 Å². The molecule has 0 atom stereocenters. The molecular weight excluding hydrogens is 316 g/mol. The average Bonchev–Trinajstić information content (AvgIpc) is 2.52. The number of unbranched alkanes of at least 4 members (excludes halogenated alkanes) is 2. The summed E-state index contributed by atoms with van der Waals surface area (Å²) >= 11 is 1.68. The standard InChI is InChI=1S/C20H22N2OS/c1-2-3-4-6-14-11-17-20(13-18(14)23)24-19-12-15(22-9-5-10-22)7-8-16(19)21-17/h7-8,11-13H,2-6,9-10H2,1H3. The number of aromatic nitrogens is 1. The van der Waals surface area contributed by atoms with Crippen LogP contribution in [0.4, 0.5) is 5.69 Å². The molecule has 1 saturated heterocycles. The minimum absolute atomic E-state index is 0.162. The Morgan fingerprint density at radius 3 is 2.79 bits per heavy atom. The monoisotopic (exact) mass is 338 g/mol. The van der Waals surface area contributed by atoms with Crippen LogP contribution in [0.2, 0.25) is 0 Å². The first-order chi connectivity index (χ1) is 11.7. The van der Waals surface area contributed by atoms with Gasteiger partial charge in [0.15, 0.2) is 5.43 Å². The van der Waals surface area contributed by atoms with Crippen LogP contribution in [-0.2, 0) is 6.42 Å². The van der Waals surface area contributed by atoms with E-state index < -0.39 is 0 Å². The van der Waals surface area contributed by atoms with E-state index in [1.165, 1.54) is 24.9 Å². The van der Waals surface area contributed by atoms with Crippen LogP contribution >= 0.6 is 11.3 Å². The van der Waals surface area contributed by atoms with E-state index in [-0.39, 0.29) is 5.43 Å². The zero-order chi connectivity index (χ0) is 16.5. The van der Waals surface area contributed by atoms with E-state index in [4.69, 9.17) is 4.98 Å². The number of nitrogens with zero attached hydrogens (tertiary/aromatic N) is 2. The van der Waals surface area contributed by atoms with Crippen molar-refractivity contribution in [3.05, 3.63) is 46.1 Å². The maximum atomic E-state index is 12.4. The molecule has 24 heavy (non-hydrogen) atoms. The third kappa shape index (κ3) is 2.91. The largest absolute Gasteiger partial charge is 0.371 e. The van der Waals surface area contributed by atoms with Gasteiger partial charge in [-0.05, 0) is 43.5 Å². The van der Waals surface area contributed by atoms with E-state index in [0.29, 0.717) is 0 Å². The second kappa shape index (κ2) is 6.52. The van der Waals surface area contributed by atoms with Crippen molar-refractivity contribution in [3.63, 3.8) is 0 Å². The van der Waals surface area contributed by atoms with Crippen molar-refractivity contribution in [2.75, 3.05) is 18.0 Å². The zero-order valence-electron chi connectivity index (χ0n) is 14.0. The molecule has 4 heteroatoms. The minimum atomic E-state index is 0.162. The lowest BCUT2D eigenvalue weighted by Gasteiger charge is -2.33. The molecule has 1 aromatic rings. The van der Waals surface area contributed by atoms with Crippen molar-refractivity contribution in [3.8, 4) is 10.6 Å². The van der Waals surface area contributed by atoms with E-state index >= 15 is 0 Å². The Kier molecular flexibility index (Phi) is 4.23. The molecule has 1 aliphatic carbocycles. The molecule has 0 N–H and O–H groups in total. The molecule has 2 heterocycles. The molecule has 3 nitrogen and oxygen atoms in total. The van der Waals surface area contributed by atoms with Crippen LogP contribution in [0.15, 0.2) is 35.1 Å². The highest BCUT2D eigenvalue weighted by Gasteiger charge is 2.16. The van der Waals surface area contributed by atoms with E-state index in [1.54, 1.807) is 17.4 Å². The second-order valence-electron chi connectivity index (χ2n) is 6.59. The van der Waals surface area contributed by atoms with Gasteiger partial charge in [-0.3, -0.25) is 4.79 Å². The van der Waals surface area contributed by atoms with E-state index in [9.17, 15) is 4.79 Å². The summed E-state index contributed by atoms with van der Waals surface area (Å²) < 4.78 is 1.16. The van der Waals surface area contributed by atoms with Crippen LogP contribution < -0.4 is 10.3 Å². The smallest absolute Gasteiger partial charge is 0.183 e. The minimum Gasteiger partial charge on any atom is -0.371 e. The summed E-state index contributed by atoms with van der Waals surface area (Å²) in [6.45, 7) is 4.47. The number of rotatable bonds is 5. The predicted molar refractivity (Wildman–Crippen MR) is 103 cm³/mol. The Bertz CT molecular complexity index is 898. The number of benzene rings is 2. The second-order valence-corrected chi connectivity index (χ2v) is 7.68. The molecule has 0 saturated carbocycles. The zero-order valence-corrected chi connectivity index (χ0v) is 14.9. The fourth-order valence-corrected chi connectivity index (χ4v) is 4.23. The summed E-state index contributed by atoms with van der Waals surface area (Å²) in [5, 5.41) is 0. The Morgan fingerprint density at radius 1 is 1.17 bits per heavy atom. The Hall–Kier alpha value is -1.94. The van der Waals surface area contributed by atoms with Crippen molar-refractivity contribution >= 4 is 27.2 Å². The first kappa shape index (κ1) is 15.6.